The van der Waals surface area contributed by atoms with Crippen molar-refractivity contribution in [3.05, 3.63) is 12.2 Å². The van der Waals surface area contributed by atoms with Gasteiger partial charge in [-0.25, -0.2) is 4.79 Å². The van der Waals surface area contributed by atoms with Gasteiger partial charge in [-0.2, -0.15) is 0 Å². The predicted molar refractivity (Wildman–Crippen MR) is 188 cm³/mol. The maximum atomic E-state index is 10.6. The van der Waals surface area contributed by atoms with Crippen LogP contribution in [0.1, 0.15) is 214 Å². The molecule has 0 spiro atoms. The number of carboxylic acids is 2. The van der Waals surface area contributed by atoms with E-state index in [1.165, 1.54) is 148 Å². The first-order valence-corrected chi connectivity index (χ1v) is 18.8. The molecule has 0 amide bonds. The highest BCUT2D eigenvalue weighted by atomic mass is 16.4. The Balaban J connectivity index is 0. The summed E-state index contributed by atoms with van der Waals surface area (Å²) in [6, 6.07) is 0. The van der Waals surface area contributed by atoms with Gasteiger partial charge in [0.15, 0.2) is 0 Å². The second kappa shape index (κ2) is 35.2. The summed E-state index contributed by atoms with van der Waals surface area (Å²) in [5.74, 6) is 0.236. The van der Waals surface area contributed by atoms with Gasteiger partial charge in [-0.3, -0.25) is 4.79 Å². The molecule has 0 rings (SSSR count). The van der Waals surface area contributed by atoms with Crippen molar-refractivity contribution in [2.45, 2.75) is 214 Å². The van der Waals surface area contributed by atoms with Crippen molar-refractivity contribution in [2.75, 3.05) is 0 Å². The van der Waals surface area contributed by atoms with Crippen molar-refractivity contribution in [1.82, 2.24) is 0 Å². The Morgan fingerprint density at radius 2 is 0.651 bits per heavy atom. The zero-order valence-corrected chi connectivity index (χ0v) is 29.6. The van der Waals surface area contributed by atoms with E-state index in [1.54, 1.807) is 0 Å². The highest BCUT2D eigenvalue weighted by Gasteiger charge is 2.03. The molecule has 0 aliphatic carbocycles. The van der Waals surface area contributed by atoms with Crippen molar-refractivity contribution in [3.63, 3.8) is 0 Å². The van der Waals surface area contributed by atoms with Crippen LogP contribution < -0.4 is 0 Å². The normalized spacial score (nSPS) is 11.1. The van der Waals surface area contributed by atoms with E-state index in [0.717, 1.165) is 37.5 Å². The first-order valence-electron chi connectivity index (χ1n) is 18.8. The quantitative estimate of drug-likeness (QED) is 0.0588. The number of carboxylic acid groups (broad SMARTS) is 2. The van der Waals surface area contributed by atoms with Gasteiger partial charge in [0.25, 0.3) is 0 Å². The van der Waals surface area contributed by atoms with Crippen LogP contribution in [0.3, 0.4) is 0 Å². The van der Waals surface area contributed by atoms with Gasteiger partial charge in [0.05, 0.1) is 0 Å². The van der Waals surface area contributed by atoms with E-state index < -0.39 is 11.9 Å². The van der Waals surface area contributed by atoms with E-state index in [-0.39, 0.29) is 0 Å². The lowest BCUT2D eigenvalue weighted by molar-refractivity contribution is -0.137. The lowest BCUT2D eigenvalue weighted by Crippen LogP contribution is -1.98. The second-order valence-electron chi connectivity index (χ2n) is 14.0. The Labute approximate surface area is 269 Å². The van der Waals surface area contributed by atoms with Crippen LogP contribution in [0.5, 0.6) is 0 Å². The summed E-state index contributed by atoms with van der Waals surface area (Å²) in [5.41, 5.74) is 0.356. The topological polar surface area (TPSA) is 74.6 Å². The summed E-state index contributed by atoms with van der Waals surface area (Å²) in [6.07, 6.45) is 36.6. The molecule has 0 radical (unpaired) electrons. The minimum atomic E-state index is -0.843. The molecule has 0 aromatic carbocycles. The molecule has 0 aromatic heterocycles. The molecule has 0 bridgehead atoms. The SMILES string of the molecule is C=C(CCCCCCCCCCCCCCCC(C)C)C(=O)O.CC(C)CCCCCCCCCCCCCCC(=O)O. The Kier molecular flexibility index (Phi) is 35.8. The fourth-order valence-electron chi connectivity index (χ4n) is 5.54. The van der Waals surface area contributed by atoms with Crippen molar-refractivity contribution >= 4 is 11.9 Å². The van der Waals surface area contributed by atoms with E-state index in [2.05, 4.69) is 34.3 Å². The number of hydrogen-bond acceptors (Lipinski definition) is 2. The minimum Gasteiger partial charge on any atom is -0.481 e. The molecule has 0 saturated carbocycles. The van der Waals surface area contributed by atoms with Gasteiger partial charge >= 0.3 is 11.9 Å². The maximum absolute atomic E-state index is 10.6. The summed E-state index contributed by atoms with van der Waals surface area (Å²) in [5, 5.41) is 17.2. The third kappa shape index (κ3) is 42.9. The summed E-state index contributed by atoms with van der Waals surface area (Å²) < 4.78 is 0. The smallest absolute Gasteiger partial charge is 0.330 e. The van der Waals surface area contributed by atoms with E-state index in [1.807, 2.05) is 0 Å². The van der Waals surface area contributed by atoms with Gasteiger partial charge in [-0.15, -0.1) is 0 Å². The number of aliphatic carboxylic acids is 2. The van der Waals surface area contributed by atoms with E-state index in [9.17, 15) is 9.59 Å². The van der Waals surface area contributed by atoms with Crippen LogP contribution in [-0.2, 0) is 9.59 Å². The average molecular weight is 609 g/mol. The highest BCUT2D eigenvalue weighted by Crippen LogP contribution is 2.16. The Bertz CT molecular complexity index is 610. The average Bonchev–Trinajstić information content (AvgIpc) is 2.95. The Morgan fingerprint density at radius 1 is 0.419 bits per heavy atom. The fraction of sp³-hybridized carbons (Fsp3) is 0.897. The third-order valence-electron chi connectivity index (χ3n) is 8.48. The van der Waals surface area contributed by atoms with Crippen LogP contribution in [0.2, 0.25) is 0 Å². The Hall–Kier alpha value is -1.32. The van der Waals surface area contributed by atoms with Crippen LogP contribution in [-0.4, -0.2) is 22.2 Å². The molecule has 0 aliphatic heterocycles. The lowest BCUT2D eigenvalue weighted by atomic mass is 10.0. The van der Waals surface area contributed by atoms with E-state index in [0.29, 0.717) is 18.4 Å². The molecule has 0 atom stereocenters. The molecule has 0 fully saturated rings. The largest absolute Gasteiger partial charge is 0.481 e. The van der Waals surface area contributed by atoms with Crippen LogP contribution in [0, 0.1) is 11.8 Å². The molecule has 4 heteroatoms. The van der Waals surface area contributed by atoms with E-state index in [4.69, 9.17) is 10.2 Å². The summed E-state index contributed by atoms with van der Waals surface area (Å²) in [4.78, 5) is 20.9. The van der Waals surface area contributed by atoms with Crippen LogP contribution >= 0.6 is 0 Å². The zero-order valence-electron chi connectivity index (χ0n) is 29.6. The highest BCUT2D eigenvalue weighted by molar-refractivity contribution is 5.85. The zero-order chi connectivity index (χ0) is 32.4. The van der Waals surface area contributed by atoms with Crippen molar-refractivity contribution in [1.29, 1.82) is 0 Å². The first-order chi connectivity index (χ1) is 20.7. The maximum Gasteiger partial charge on any atom is 0.330 e. The molecule has 0 aromatic rings. The number of hydrogen-bond donors (Lipinski definition) is 2. The summed E-state index contributed by atoms with van der Waals surface area (Å²) in [6.45, 7) is 12.8. The lowest BCUT2D eigenvalue weighted by Gasteiger charge is -2.05. The standard InChI is InChI=1S/C21H40O2.C18H36O2/c1-19(2)17-15-13-11-9-7-5-4-6-8-10-12-14-16-18-20(3)21(22)23;1-17(2)15-13-11-9-7-5-3-4-6-8-10-12-14-16-18(19)20/h19H,3-18H2,1-2H3,(H,22,23);17H,3-16H2,1-2H3,(H,19,20). The molecule has 2 N–H and O–H groups in total. The van der Waals surface area contributed by atoms with Gasteiger partial charge in [0, 0.05) is 12.0 Å². The molecule has 0 aliphatic rings. The van der Waals surface area contributed by atoms with Crippen molar-refractivity contribution < 1.29 is 19.8 Å². The Morgan fingerprint density at radius 3 is 0.884 bits per heavy atom. The van der Waals surface area contributed by atoms with Gasteiger partial charge in [-0.05, 0) is 31.1 Å². The number of rotatable bonds is 32. The van der Waals surface area contributed by atoms with Crippen LogP contribution in [0.15, 0.2) is 12.2 Å². The molecule has 43 heavy (non-hydrogen) atoms. The minimum absolute atomic E-state index is 0.344. The van der Waals surface area contributed by atoms with E-state index >= 15 is 0 Å². The molecule has 0 unspecified atom stereocenters. The van der Waals surface area contributed by atoms with Gasteiger partial charge < -0.3 is 10.2 Å². The van der Waals surface area contributed by atoms with Crippen molar-refractivity contribution in [3.8, 4) is 0 Å². The fourth-order valence-corrected chi connectivity index (χ4v) is 5.54. The predicted octanol–water partition coefficient (Wildman–Crippen LogP) is 13.3. The number of unbranched alkanes of at least 4 members (excludes halogenated alkanes) is 23. The molecular formula is C39H76O4. The third-order valence-corrected chi connectivity index (χ3v) is 8.48. The second-order valence-corrected chi connectivity index (χ2v) is 14.0. The monoisotopic (exact) mass is 609 g/mol. The van der Waals surface area contributed by atoms with Crippen molar-refractivity contribution in [2.24, 2.45) is 11.8 Å². The molecule has 0 heterocycles. The molecule has 4 nitrogen and oxygen atoms in total. The molecule has 256 valence electrons. The van der Waals surface area contributed by atoms with Crippen LogP contribution in [0.25, 0.3) is 0 Å². The van der Waals surface area contributed by atoms with Gasteiger partial charge in [-0.1, -0.05) is 195 Å². The summed E-state index contributed by atoms with van der Waals surface area (Å²) in [7, 11) is 0. The van der Waals surface area contributed by atoms with Gasteiger partial charge in [0.2, 0.25) is 0 Å². The molecular weight excluding hydrogens is 532 g/mol. The van der Waals surface area contributed by atoms with Gasteiger partial charge in [0.1, 0.15) is 0 Å². The summed E-state index contributed by atoms with van der Waals surface area (Å²) >= 11 is 0. The molecule has 0 saturated heterocycles. The number of carbonyl (C=O) groups is 2. The van der Waals surface area contributed by atoms with Crippen LogP contribution in [0.4, 0.5) is 0 Å². The first kappa shape index (κ1) is 43.8.